The Hall–Kier alpha value is -1.18. The van der Waals surface area contributed by atoms with Crippen LogP contribution in [0.4, 0.5) is 0 Å². The molecule has 12 heavy (non-hydrogen) atoms. The van der Waals surface area contributed by atoms with Gasteiger partial charge in [0.25, 0.3) is 0 Å². The molecule has 0 aliphatic rings. The Labute approximate surface area is 73.1 Å². The molecule has 0 amide bonds. The van der Waals surface area contributed by atoms with Crippen LogP contribution in [0.25, 0.3) is 0 Å². The molecule has 0 N–H and O–H groups in total. The molecule has 0 saturated heterocycles. The first kappa shape index (κ1) is 8.91. The van der Waals surface area contributed by atoms with E-state index in [1.807, 2.05) is 19.9 Å². The van der Waals surface area contributed by atoms with Gasteiger partial charge in [-0.1, -0.05) is 0 Å². The molecule has 0 bridgehead atoms. The van der Waals surface area contributed by atoms with E-state index in [0.717, 1.165) is 17.1 Å². The number of hydrogen-bond donors (Lipinski definition) is 0. The summed E-state index contributed by atoms with van der Waals surface area (Å²) in [4.78, 5) is 0. The lowest BCUT2D eigenvalue weighted by molar-refractivity contribution is 0.310. The maximum absolute atomic E-state index is 5.33. The summed E-state index contributed by atoms with van der Waals surface area (Å²) in [6, 6.07) is 6.77. The van der Waals surface area contributed by atoms with Crippen molar-refractivity contribution in [2.75, 3.05) is 13.7 Å². The summed E-state index contributed by atoms with van der Waals surface area (Å²) in [5, 5.41) is 0. The highest BCUT2D eigenvalue weighted by Gasteiger charge is 2.02. The Morgan fingerprint density at radius 2 is 2.17 bits per heavy atom. The summed E-state index contributed by atoms with van der Waals surface area (Å²) < 4.78 is 10.5. The minimum atomic E-state index is 0.646. The van der Waals surface area contributed by atoms with Crippen molar-refractivity contribution in [3.05, 3.63) is 23.8 Å². The second kappa shape index (κ2) is 4.00. The number of aryl methyl sites for hydroxylation is 1. The van der Waals surface area contributed by atoms with Crippen molar-refractivity contribution in [3.63, 3.8) is 0 Å². The van der Waals surface area contributed by atoms with Crippen LogP contribution in [0.15, 0.2) is 12.1 Å². The molecule has 1 rings (SSSR count). The lowest BCUT2D eigenvalue weighted by atomic mass is 10.2. The van der Waals surface area contributed by atoms with Crippen LogP contribution in [-0.2, 0) is 0 Å². The van der Waals surface area contributed by atoms with Gasteiger partial charge in [0.1, 0.15) is 0 Å². The van der Waals surface area contributed by atoms with Gasteiger partial charge in [0, 0.05) is 0 Å². The molecule has 0 aliphatic heterocycles. The minimum Gasteiger partial charge on any atom is -0.493 e. The maximum Gasteiger partial charge on any atom is 0.161 e. The Kier molecular flexibility index (Phi) is 2.97. The standard InChI is InChI=1S/C10H13O2/c1-4-12-9-6-5-8(2)7-10(9)11-3/h6-7H,4H2,1-3H3. The Balaban J connectivity index is 2.94. The quantitative estimate of drug-likeness (QED) is 0.683. The zero-order valence-electron chi connectivity index (χ0n) is 7.68. The predicted octanol–water partition coefficient (Wildman–Crippen LogP) is 2.20. The van der Waals surface area contributed by atoms with Gasteiger partial charge in [-0.05, 0) is 37.6 Å². The van der Waals surface area contributed by atoms with Crippen molar-refractivity contribution < 1.29 is 9.47 Å². The van der Waals surface area contributed by atoms with Crippen LogP contribution in [-0.4, -0.2) is 13.7 Å². The van der Waals surface area contributed by atoms with Gasteiger partial charge in [0.15, 0.2) is 11.5 Å². The van der Waals surface area contributed by atoms with E-state index in [0.29, 0.717) is 6.61 Å². The molecule has 1 aromatic rings. The highest BCUT2D eigenvalue weighted by atomic mass is 16.5. The summed E-state index contributed by atoms with van der Waals surface area (Å²) in [7, 11) is 1.64. The van der Waals surface area contributed by atoms with Crippen LogP contribution < -0.4 is 9.47 Å². The summed E-state index contributed by atoms with van der Waals surface area (Å²) in [6.07, 6.45) is 0. The molecular formula is C10H13O2. The molecule has 1 radical (unpaired) electrons. The lowest BCUT2D eigenvalue weighted by Crippen LogP contribution is -1.95. The van der Waals surface area contributed by atoms with E-state index >= 15 is 0 Å². The van der Waals surface area contributed by atoms with E-state index in [-0.39, 0.29) is 0 Å². The van der Waals surface area contributed by atoms with Crippen LogP contribution in [0.3, 0.4) is 0 Å². The average molecular weight is 165 g/mol. The fourth-order valence-corrected chi connectivity index (χ4v) is 0.988. The van der Waals surface area contributed by atoms with Gasteiger partial charge in [-0.15, -0.1) is 0 Å². The third kappa shape index (κ3) is 1.91. The summed E-state index contributed by atoms with van der Waals surface area (Å²) in [6.45, 7) is 4.56. The Morgan fingerprint density at radius 3 is 2.75 bits per heavy atom. The Morgan fingerprint density at radius 1 is 1.42 bits per heavy atom. The van der Waals surface area contributed by atoms with Gasteiger partial charge in [-0.25, -0.2) is 0 Å². The van der Waals surface area contributed by atoms with Gasteiger partial charge in [-0.3, -0.25) is 0 Å². The molecule has 0 fully saturated rings. The van der Waals surface area contributed by atoms with Gasteiger partial charge in [-0.2, -0.15) is 0 Å². The molecule has 0 heterocycles. The van der Waals surface area contributed by atoms with Crippen molar-refractivity contribution >= 4 is 0 Å². The van der Waals surface area contributed by atoms with E-state index in [9.17, 15) is 0 Å². The van der Waals surface area contributed by atoms with Crippen LogP contribution in [0.2, 0.25) is 0 Å². The molecule has 0 saturated carbocycles. The third-order valence-electron chi connectivity index (χ3n) is 1.54. The molecule has 2 heteroatoms. The number of hydrogen-bond acceptors (Lipinski definition) is 2. The van der Waals surface area contributed by atoms with Crippen molar-refractivity contribution in [2.24, 2.45) is 0 Å². The number of ether oxygens (including phenoxy) is 2. The van der Waals surface area contributed by atoms with Gasteiger partial charge in [0.2, 0.25) is 0 Å². The SMILES string of the molecule is CCOc1c[c]c(C)cc1OC. The number of rotatable bonds is 3. The first-order valence-corrected chi connectivity index (χ1v) is 3.97. The van der Waals surface area contributed by atoms with Crippen molar-refractivity contribution in [1.29, 1.82) is 0 Å². The van der Waals surface area contributed by atoms with Crippen LogP contribution >= 0.6 is 0 Å². The molecule has 65 valence electrons. The second-order valence-corrected chi connectivity index (χ2v) is 2.48. The second-order valence-electron chi connectivity index (χ2n) is 2.48. The van der Waals surface area contributed by atoms with Crippen LogP contribution in [0.5, 0.6) is 11.5 Å². The lowest BCUT2D eigenvalue weighted by Gasteiger charge is -2.08. The smallest absolute Gasteiger partial charge is 0.161 e. The molecule has 0 spiro atoms. The Bertz CT molecular complexity index is 256. The molecule has 0 atom stereocenters. The summed E-state index contributed by atoms with van der Waals surface area (Å²) in [5.41, 5.74) is 1.05. The highest BCUT2D eigenvalue weighted by Crippen LogP contribution is 2.27. The zero-order valence-corrected chi connectivity index (χ0v) is 7.68. The predicted molar refractivity (Wildman–Crippen MR) is 47.7 cm³/mol. The number of benzene rings is 1. The first-order chi connectivity index (χ1) is 5.77. The average Bonchev–Trinajstić information content (AvgIpc) is 2.08. The van der Waals surface area contributed by atoms with Gasteiger partial charge >= 0.3 is 0 Å². The summed E-state index contributed by atoms with van der Waals surface area (Å²) in [5.74, 6) is 1.53. The summed E-state index contributed by atoms with van der Waals surface area (Å²) >= 11 is 0. The van der Waals surface area contributed by atoms with Gasteiger partial charge in [0.05, 0.1) is 13.7 Å². The van der Waals surface area contributed by atoms with E-state index in [1.165, 1.54) is 0 Å². The first-order valence-electron chi connectivity index (χ1n) is 3.97. The van der Waals surface area contributed by atoms with Crippen molar-refractivity contribution in [1.82, 2.24) is 0 Å². The minimum absolute atomic E-state index is 0.646. The van der Waals surface area contributed by atoms with E-state index < -0.39 is 0 Å². The fraction of sp³-hybridized carbons (Fsp3) is 0.400. The third-order valence-corrected chi connectivity index (χ3v) is 1.54. The number of methoxy groups -OCH3 is 1. The van der Waals surface area contributed by atoms with Gasteiger partial charge < -0.3 is 9.47 Å². The van der Waals surface area contributed by atoms with Crippen molar-refractivity contribution in [3.8, 4) is 11.5 Å². The maximum atomic E-state index is 5.33. The van der Waals surface area contributed by atoms with Crippen molar-refractivity contribution in [2.45, 2.75) is 13.8 Å². The molecule has 2 nitrogen and oxygen atoms in total. The molecule has 0 aromatic heterocycles. The fourth-order valence-electron chi connectivity index (χ4n) is 0.988. The zero-order chi connectivity index (χ0) is 8.97. The van der Waals surface area contributed by atoms with E-state index in [1.54, 1.807) is 13.2 Å². The highest BCUT2D eigenvalue weighted by molar-refractivity contribution is 5.41. The molecule has 0 aliphatic carbocycles. The largest absolute Gasteiger partial charge is 0.493 e. The van der Waals surface area contributed by atoms with E-state index in [2.05, 4.69) is 6.07 Å². The monoisotopic (exact) mass is 165 g/mol. The molecule has 1 aromatic carbocycles. The van der Waals surface area contributed by atoms with Crippen LogP contribution in [0, 0.1) is 13.0 Å². The normalized spacial score (nSPS) is 9.58. The van der Waals surface area contributed by atoms with Crippen LogP contribution in [0.1, 0.15) is 12.5 Å². The molecule has 0 unspecified atom stereocenters. The molecular weight excluding hydrogens is 152 g/mol. The van der Waals surface area contributed by atoms with E-state index in [4.69, 9.17) is 9.47 Å². The topological polar surface area (TPSA) is 18.5 Å².